The number of halogens is 4. The highest BCUT2D eigenvalue weighted by Crippen LogP contribution is 2.29. The molecule has 0 saturated carbocycles. The van der Waals surface area contributed by atoms with Gasteiger partial charge in [-0.15, -0.1) is 0 Å². The van der Waals surface area contributed by atoms with Gasteiger partial charge in [0.05, 0.1) is 0 Å². The SMILES string of the molecule is Fc1cc(CBr)cc(F)c1Oc1ccc(I)cc1. The predicted octanol–water partition coefficient (Wildman–Crippen LogP) is 5.26. The Morgan fingerprint density at radius 1 is 1.06 bits per heavy atom. The van der Waals surface area contributed by atoms with Crippen LogP contribution in [0.5, 0.6) is 11.5 Å². The van der Waals surface area contributed by atoms with Crippen LogP contribution in [0.15, 0.2) is 36.4 Å². The Morgan fingerprint density at radius 2 is 1.61 bits per heavy atom. The van der Waals surface area contributed by atoms with Crippen LogP contribution in [0.4, 0.5) is 8.78 Å². The second-order valence-corrected chi connectivity index (χ2v) is 5.38. The number of rotatable bonds is 3. The van der Waals surface area contributed by atoms with E-state index in [4.69, 9.17) is 4.74 Å². The molecule has 94 valence electrons. The van der Waals surface area contributed by atoms with Crippen molar-refractivity contribution in [2.24, 2.45) is 0 Å². The molecule has 0 aliphatic heterocycles. The summed E-state index contributed by atoms with van der Waals surface area (Å²) in [4.78, 5) is 0. The monoisotopic (exact) mass is 424 g/mol. The van der Waals surface area contributed by atoms with Crippen LogP contribution in [0.2, 0.25) is 0 Å². The first-order valence-electron chi connectivity index (χ1n) is 5.07. The Morgan fingerprint density at radius 3 is 2.11 bits per heavy atom. The molecule has 2 aromatic rings. The van der Waals surface area contributed by atoms with Gasteiger partial charge in [0.25, 0.3) is 0 Å². The summed E-state index contributed by atoms with van der Waals surface area (Å²) in [6.45, 7) is 0. The Balaban J connectivity index is 2.31. The Kier molecular flexibility index (Phi) is 4.55. The van der Waals surface area contributed by atoms with Crippen molar-refractivity contribution < 1.29 is 13.5 Å². The second-order valence-electron chi connectivity index (χ2n) is 3.58. The van der Waals surface area contributed by atoms with Gasteiger partial charge in [0, 0.05) is 8.90 Å². The molecular weight excluding hydrogens is 417 g/mol. The van der Waals surface area contributed by atoms with E-state index in [2.05, 4.69) is 38.5 Å². The lowest BCUT2D eigenvalue weighted by molar-refractivity contribution is 0.407. The van der Waals surface area contributed by atoms with E-state index < -0.39 is 11.6 Å². The first kappa shape index (κ1) is 13.7. The largest absolute Gasteiger partial charge is 0.451 e. The first-order valence-corrected chi connectivity index (χ1v) is 7.27. The molecule has 0 fully saturated rings. The summed E-state index contributed by atoms with van der Waals surface area (Å²) < 4.78 is 33.6. The van der Waals surface area contributed by atoms with Gasteiger partial charge in [-0.3, -0.25) is 0 Å². The minimum atomic E-state index is -0.706. The molecule has 0 aromatic heterocycles. The van der Waals surface area contributed by atoms with Crippen LogP contribution in [0, 0.1) is 15.2 Å². The van der Waals surface area contributed by atoms with E-state index >= 15 is 0 Å². The molecule has 0 saturated heterocycles. The average molecular weight is 425 g/mol. The molecular formula is C13H8BrF2IO. The third kappa shape index (κ3) is 3.20. The van der Waals surface area contributed by atoms with Gasteiger partial charge in [-0.05, 0) is 64.6 Å². The molecule has 5 heteroatoms. The Bertz CT molecular complexity index is 534. The zero-order valence-electron chi connectivity index (χ0n) is 9.09. The quantitative estimate of drug-likeness (QED) is 0.482. The lowest BCUT2D eigenvalue weighted by atomic mass is 10.2. The molecule has 0 radical (unpaired) electrons. The normalized spacial score (nSPS) is 10.4. The van der Waals surface area contributed by atoms with Gasteiger partial charge >= 0.3 is 0 Å². The van der Waals surface area contributed by atoms with E-state index in [1.165, 1.54) is 12.1 Å². The summed E-state index contributed by atoms with van der Waals surface area (Å²) in [7, 11) is 0. The topological polar surface area (TPSA) is 9.23 Å². The van der Waals surface area contributed by atoms with E-state index in [1.54, 1.807) is 24.3 Å². The molecule has 0 unspecified atom stereocenters. The van der Waals surface area contributed by atoms with Crippen molar-refractivity contribution in [1.29, 1.82) is 0 Å². The summed E-state index contributed by atoms with van der Waals surface area (Å²) in [6.07, 6.45) is 0. The van der Waals surface area contributed by atoms with Crippen LogP contribution in [-0.2, 0) is 5.33 Å². The number of hydrogen-bond donors (Lipinski definition) is 0. The molecule has 0 N–H and O–H groups in total. The average Bonchev–Trinajstić information content (AvgIpc) is 2.35. The van der Waals surface area contributed by atoms with Crippen LogP contribution in [0.3, 0.4) is 0 Å². The maximum absolute atomic E-state index is 13.7. The summed E-state index contributed by atoms with van der Waals surface area (Å²) in [5, 5.41) is 0.394. The van der Waals surface area contributed by atoms with Crippen LogP contribution in [0.1, 0.15) is 5.56 Å². The minimum Gasteiger partial charge on any atom is -0.451 e. The first-order chi connectivity index (χ1) is 8.60. The van der Waals surface area contributed by atoms with Crippen molar-refractivity contribution >= 4 is 38.5 Å². The van der Waals surface area contributed by atoms with E-state index in [-0.39, 0.29) is 5.75 Å². The maximum atomic E-state index is 13.7. The van der Waals surface area contributed by atoms with Crippen LogP contribution in [-0.4, -0.2) is 0 Å². The van der Waals surface area contributed by atoms with Crippen LogP contribution in [0.25, 0.3) is 0 Å². The highest BCUT2D eigenvalue weighted by Gasteiger charge is 2.13. The summed E-state index contributed by atoms with van der Waals surface area (Å²) in [5.74, 6) is -1.38. The number of hydrogen-bond acceptors (Lipinski definition) is 1. The zero-order chi connectivity index (χ0) is 13.1. The van der Waals surface area contributed by atoms with Gasteiger partial charge in [0.1, 0.15) is 5.75 Å². The van der Waals surface area contributed by atoms with Gasteiger partial charge in [0.2, 0.25) is 0 Å². The fourth-order valence-electron chi connectivity index (χ4n) is 1.41. The smallest absolute Gasteiger partial charge is 0.198 e. The zero-order valence-corrected chi connectivity index (χ0v) is 12.8. The third-order valence-corrected chi connectivity index (χ3v) is 3.61. The van der Waals surface area contributed by atoms with Crippen LogP contribution >= 0.6 is 38.5 Å². The van der Waals surface area contributed by atoms with Gasteiger partial charge in [-0.2, -0.15) is 0 Å². The van der Waals surface area contributed by atoms with Crippen molar-refractivity contribution in [1.82, 2.24) is 0 Å². The molecule has 0 heterocycles. The number of benzene rings is 2. The summed E-state index contributed by atoms with van der Waals surface area (Å²) in [5.41, 5.74) is 0.528. The van der Waals surface area contributed by atoms with Crippen molar-refractivity contribution in [2.45, 2.75) is 5.33 Å². The minimum absolute atomic E-state index is 0.374. The molecule has 2 rings (SSSR count). The van der Waals surface area contributed by atoms with E-state index in [0.717, 1.165) is 3.57 Å². The Labute approximate surface area is 125 Å². The fourth-order valence-corrected chi connectivity index (χ4v) is 2.09. The van der Waals surface area contributed by atoms with E-state index in [1.807, 2.05) is 0 Å². The highest BCUT2D eigenvalue weighted by molar-refractivity contribution is 14.1. The van der Waals surface area contributed by atoms with Crippen LogP contribution < -0.4 is 4.74 Å². The van der Waals surface area contributed by atoms with Crippen molar-refractivity contribution in [3.63, 3.8) is 0 Å². The summed E-state index contributed by atoms with van der Waals surface area (Å²) in [6, 6.07) is 9.44. The molecule has 0 aliphatic rings. The summed E-state index contributed by atoms with van der Waals surface area (Å²) >= 11 is 5.29. The van der Waals surface area contributed by atoms with E-state index in [0.29, 0.717) is 16.6 Å². The molecule has 18 heavy (non-hydrogen) atoms. The molecule has 0 atom stereocenters. The van der Waals surface area contributed by atoms with Gasteiger partial charge in [-0.25, -0.2) is 8.78 Å². The molecule has 0 aliphatic carbocycles. The molecule has 0 amide bonds. The second kappa shape index (κ2) is 5.97. The van der Waals surface area contributed by atoms with E-state index in [9.17, 15) is 8.78 Å². The Hall–Kier alpha value is -0.690. The third-order valence-electron chi connectivity index (χ3n) is 2.25. The van der Waals surface area contributed by atoms with Gasteiger partial charge in [0.15, 0.2) is 17.4 Å². The lowest BCUT2D eigenvalue weighted by Crippen LogP contribution is -1.94. The standard InChI is InChI=1S/C13H8BrF2IO/c14-7-8-5-11(15)13(12(16)6-8)18-10-3-1-9(17)2-4-10/h1-6H,7H2. The molecule has 0 spiro atoms. The highest BCUT2D eigenvalue weighted by atomic mass is 127. The predicted molar refractivity (Wildman–Crippen MR) is 78.2 cm³/mol. The maximum Gasteiger partial charge on any atom is 0.198 e. The van der Waals surface area contributed by atoms with Gasteiger partial charge in [-0.1, -0.05) is 15.9 Å². The van der Waals surface area contributed by atoms with Crippen molar-refractivity contribution in [3.05, 3.63) is 57.2 Å². The number of alkyl halides is 1. The molecule has 1 nitrogen and oxygen atoms in total. The number of ether oxygens (including phenoxy) is 1. The van der Waals surface area contributed by atoms with Crippen molar-refractivity contribution in [3.8, 4) is 11.5 Å². The van der Waals surface area contributed by atoms with Gasteiger partial charge < -0.3 is 4.74 Å². The lowest BCUT2D eigenvalue weighted by Gasteiger charge is -2.09. The fraction of sp³-hybridized carbons (Fsp3) is 0.0769. The van der Waals surface area contributed by atoms with Crippen molar-refractivity contribution in [2.75, 3.05) is 0 Å². The molecule has 2 aromatic carbocycles. The molecule has 0 bridgehead atoms.